The molecule has 0 bridgehead atoms. The smallest absolute Gasteiger partial charge is 0.403 e. The molecule has 4 aliphatic rings. The van der Waals surface area contributed by atoms with Gasteiger partial charge in [0.25, 0.3) is 5.91 Å². The van der Waals surface area contributed by atoms with Gasteiger partial charge in [-0.25, -0.2) is 9.97 Å². The van der Waals surface area contributed by atoms with E-state index in [1.165, 1.54) is 6.07 Å². The van der Waals surface area contributed by atoms with Crippen LogP contribution in [0, 0.1) is 12.3 Å². The summed E-state index contributed by atoms with van der Waals surface area (Å²) >= 11 is 0. The minimum atomic E-state index is -4.91. The summed E-state index contributed by atoms with van der Waals surface area (Å²) in [5, 5.41) is 13.6. The first-order valence-corrected chi connectivity index (χ1v) is 16.4. The number of anilines is 4. The number of likely N-dealkylation sites (N-methyl/N-ethyl adjacent to an activating group) is 1. The first-order chi connectivity index (χ1) is 22.9. The number of nitrogens with two attached hydrogens (primary N) is 1. The minimum absolute atomic E-state index is 0.000668. The number of nitrogens with one attached hydrogen (secondary N) is 3. The minimum Gasteiger partial charge on any atom is -0.403 e. The van der Waals surface area contributed by atoms with Gasteiger partial charge in [0.15, 0.2) is 23.1 Å². The van der Waals surface area contributed by atoms with E-state index >= 15 is 0 Å². The van der Waals surface area contributed by atoms with E-state index in [-0.39, 0.29) is 34.4 Å². The van der Waals surface area contributed by atoms with Gasteiger partial charge in [-0.2, -0.15) is 5.10 Å². The van der Waals surface area contributed by atoms with E-state index in [0.29, 0.717) is 42.0 Å². The van der Waals surface area contributed by atoms with Gasteiger partial charge in [-0.3, -0.25) is 14.8 Å². The molecular weight excluding hydrogens is 629 g/mol. The van der Waals surface area contributed by atoms with Crippen molar-refractivity contribution in [2.75, 3.05) is 75.1 Å². The standard InChI is InChI=1S/C32H41F3N10O3/c1-19-13-23(42-41-19)26-29(38-21-15-31(16-21)17-47-18-31)40-30(27(39-26)28(36)46)37-20-3-4-24(25(14-20)48-32(33,34)35)45-7-5-22(6-8-45)44-11-9-43(2)10-12-44/h3-4,13-14,21-22H,5-12,15-18H2,1-2H3,(H2,36,46)(H,41,42)(H2,37,38,40). The molecule has 3 saturated heterocycles. The maximum Gasteiger partial charge on any atom is 0.573 e. The predicted molar refractivity (Wildman–Crippen MR) is 173 cm³/mol. The molecule has 258 valence electrons. The van der Waals surface area contributed by atoms with Crippen LogP contribution in [0.5, 0.6) is 5.75 Å². The lowest BCUT2D eigenvalue weighted by Gasteiger charge is -2.53. The van der Waals surface area contributed by atoms with E-state index in [4.69, 9.17) is 15.5 Å². The number of halogens is 3. The Bertz CT molecular complexity index is 1640. The van der Waals surface area contributed by atoms with E-state index < -0.39 is 12.3 Å². The van der Waals surface area contributed by atoms with E-state index in [1.807, 2.05) is 11.8 Å². The number of carbonyl (C=O) groups excluding carboxylic acids is 1. The number of rotatable bonds is 9. The zero-order valence-electron chi connectivity index (χ0n) is 27.1. The SMILES string of the molecule is Cc1cc(-c2nc(C(N)=O)c(Nc3ccc(N4CCC(N5CCN(C)CC5)CC4)c(OC(F)(F)F)c3)nc2NC2CC3(COC3)C2)n[nH]1. The molecule has 1 spiro atoms. The lowest BCUT2D eigenvalue weighted by molar-refractivity contribution is -0.274. The fraction of sp³-hybridized carbons (Fsp3) is 0.562. The van der Waals surface area contributed by atoms with Crippen LogP contribution in [0.2, 0.25) is 0 Å². The molecule has 2 aromatic heterocycles. The van der Waals surface area contributed by atoms with Crippen molar-refractivity contribution in [3.8, 4) is 17.1 Å². The molecule has 5 N–H and O–H groups in total. The molecule has 16 heteroatoms. The van der Waals surface area contributed by atoms with Gasteiger partial charge in [0.1, 0.15) is 11.4 Å². The third-order valence-electron chi connectivity index (χ3n) is 9.90. The Labute approximate surface area is 276 Å². The monoisotopic (exact) mass is 670 g/mol. The first-order valence-electron chi connectivity index (χ1n) is 16.4. The normalized spacial score (nSPS) is 20.7. The van der Waals surface area contributed by atoms with Gasteiger partial charge in [0.05, 0.1) is 18.9 Å². The van der Waals surface area contributed by atoms with Crippen LogP contribution in [0.15, 0.2) is 24.3 Å². The lowest BCUT2D eigenvalue weighted by atomic mass is 9.64. The van der Waals surface area contributed by atoms with Gasteiger partial charge in [-0.15, -0.1) is 13.2 Å². The Kier molecular flexibility index (Phi) is 8.58. The number of piperazine rings is 1. The molecule has 3 aromatic rings. The fourth-order valence-corrected chi connectivity index (χ4v) is 7.28. The Hall–Kier alpha value is -4.15. The van der Waals surface area contributed by atoms with Gasteiger partial charge < -0.3 is 35.6 Å². The quantitative estimate of drug-likeness (QED) is 0.264. The second kappa shape index (κ2) is 12.7. The molecule has 0 unspecified atom stereocenters. The van der Waals surface area contributed by atoms with Crippen molar-refractivity contribution in [2.24, 2.45) is 11.1 Å². The number of hydrogen-bond donors (Lipinski definition) is 4. The molecule has 1 saturated carbocycles. The van der Waals surface area contributed by atoms with Crippen molar-refractivity contribution < 1.29 is 27.4 Å². The van der Waals surface area contributed by atoms with Crippen molar-refractivity contribution >= 4 is 28.9 Å². The second-order valence-electron chi connectivity index (χ2n) is 13.6. The topological polar surface area (TPSA) is 150 Å². The van der Waals surface area contributed by atoms with Crippen LogP contribution in [0.3, 0.4) is 0 Å². The molecule has 13 nitrogen and oxygen atoms in total. The van der Waals surface area contributed by atoms with E-state index in [0.717, 1.165) is 70.8 Å². The van der Waals surface area contributed by atoms with E-state index in [2.05, 4.69) is 47.4 Å². The van der Waals surface area contributed by atoms with Crippen LogP contribution in [-0.2, 0) is 4.74 Å². The van der Waals surface area contributed by atoms with Crippen molar-refractivity contribution in [1.29, 1.82) is 0 Å². The molecule has 4 fully saturated rings. The van der Waals surface area contributed by atoms with Crippen molar-refractivity contribution in [3.05, 3.63) is 35.7 Å². The Morgan fingerprint density at radius 2 is 1.79 bits per heavy atom. The summed E-state index contributed by atoms with van der Waals surface area (Å²) in [6, 6.07) is 6.79. The van der Waals surface area contributed by atoms with E-state index in [1.54, 1.807) is 18.2 Å². The average molecular weight is 671 g/mol. The molecule has 0 radical (unpaired) electrons. The molecule has 5 heterocycles. The number of amides is 1. The molecule has 0 atom stereocenters. The number of H-pyrrole nitrogens is 1. The summed E-state index contributed by atoms with van der Waals surface area (Å²) in [6.07, 6.45) is -1.44. The molecule has 1 aromatic carbocycles. The number of benzene rings is 1. The van der Waals surface area contributed by atoms with Gasteiger partial charge >= 0.3 is 6.36 Å². The molecule has 3 aliphatic heterocycles. The Morgan fingerprint density at radius 3 is 2.40 bits per heavy atom. The number of primary amides is 1. The number of aromatic nitrogens is 4. The molecule has 1 aliphatic carbocycles. The average Bonchev–Trinajstić information content (AvgIpc) is 3.43. The van der Waals surface area contributed by atoms with Crippen LogP contribution < -0.4 is 26.0 Å². The summed E-state index contributed by atoms with van der Waals surface area (Å²) in [6.45, 7) is 8.52. The summed E-state index contributed by atoms with van der Waals surface area (Å²) in [5.74, 6) is -0.823. The Morgan fingerprint density at radius 1 is 1.06 bits per heavy atom. The first kappa shape index (κ1) is 32.4. The zero-order valence-corrected chi connectivity index (χ0v) is 27.1. The van der Waals surface area contributed by atoms with Crippen LogP contribution in [0.25, 0.3) is 11.4 Å². The van der Waals surface area contributed by atoms with Crippen molar-refractivity contribution in [3.63, 3.8) is 0 Å². The number of aromatic amines is 1. The van der Waals surface area contributed by atoms with Gasteiger partial charge in [-0.05, 0) is 57.9 Å². The summed E-state index contributed by atoms with van der Waals surface area (Å²) in [5.41, 5.74) is 7.92. The number of hydrogen-bond acceptors (Lipinski definition) is 11. The Balaban J connectivity index is 1.15. The lowest BCUT2D eigenvalue weighted by Crippen LogP contribution is -2.56. The number of carbonyl (C=O) groups is 1. The number of aryl methyl sites for hydroxylation is 1. The van der Waals surface area contributed by atoms with Gasteiger partial charge in [-0.1, -0.05) is 0 Å². The summed E-state index contributed by atoms with van der Waals surface area (Å²) < 4.78 is 51.0. The number of nitrogens with zero attached hydrogens (tertiary/aromatic N) is 6. The van der Waals surface area contributed by atoms with Gasteiger partial charge in [0.2, 0.25) is 0 Å². The largest absolute Gasteiger partial charge is 0.573 e. The highest BCUT2D eigenvalue weighted by Gasteiger charge is 2.50. The van der Waals surface area contributed by atoms with Crippen LogP contribution in [0.1, 0.15) is 41.9 Å². The van der Waals surface area contributed by atoms with Crippen LogP contribution in [-0.4, -0.2) is 114 Å². The van der Waals surface area contributed by atoms with Crippen LogP contribution >= 0.6 is 0 Å². The summed E-state index contributed by atoms with van der Waals surface area (Å²) in [4.78, 5) is 28.6. The second-order valence-corrected chi connectivity index (χ2v) is 13.6. The highest BCUT2D eigenvalue weighted by molar-refractivity contribution is 5.97. The number of ether oxygens (including phenoxy) is 2. The molecule has 48 heavy (non-hydrogen) atoms. The molecular formula is C32H41F3N10O3. The van der Waals surface area contributed by atoms with Crippen LogP contribution in [0.4, 0.5) is 36.2 Å². The maximum atomic E-state index is 13.7. The highest BCUT2D eigenvalue weighted by atomic mass is 19.4. The predicted octanol–water partition coefficient (Wildman–Crippen LogP) is 3.72. The van der Waals surface area contributed by atoms with Gasteiger partial charge in [0, 0.05) is 74.2 Å². The van der Waals surface area contributed by atoms with Crippen molar-refractivity contribution in [1.82, 2.24) is 30.0 Å². The van der Waals surface area contributed by atoms with E-state index in [9.17, 15) is 18.0 Å². The third kappa shape index (κ3) is 6.87. The number of alkyl halides is 3. The maximum absolute atomic E-state index is 13.7. The highest BCUT2D eigenvalue weighted by Crippen LogP contribution is 2.48. The molecule has 7 rings (SSSR count). The molecule has 1 amide bonds. The number of piperidine rings is 1. The summed E-state index contributed by atoms with van der Waals surface area (Å²) in [7, 11) is 2.11. The third-order valence-corrected chi connectivity index (χ3v) is 9.90. The van der Waals surface area contributed by atoms with Crippen molar-refractivity contribution in [2.45, 2.75) is 51.1 Å². The zero-order chi connectivity index (χ0) is 33.6. The fourth-order valence-electron chi connectivity index (χ4n) is 7.28.